The predicted molar refractivity (Wildman–Crippen MR) is 83.2 cm³/mol. The first-order valence-corrected chi connectivity index (χ1v) is 7.71. The van der Waals surface area contributed by atoms with E-state index in [9.17, 15) is 9.59 Å². The van der Waals surface area contributed by atoms with Crippen LogP contribution in [-0.2, 0) is 4.79 Å². The monoisotopic (exact) mass is 303 g/mol. The summed E-state index contributed by atoms with van der Waals surface area (Å²) in [5.41, 5.74) is 1.22. The van der Waals surface area contributed by atoms with Crippen molar-refractivity contribution in [2.75, 3.05) is 38.0 Å². The fraction of sp³-hybridized carbons (Fsp3) is 0.500. The molecule has 2 aliphatic heterocycles. The minimum Gasteiger partial charge on any atom is -0.479 e. The van der Waals surface area contributed by atoms with Crippen molar-refractivity contribution < 1.29 is 14.3 Å². The third-order valence-corrected chi connectivity index (χ3v) is 4.27. The first kappa shape index (κ1) is 14.8. The van der Waals surface area contributed by atoms with Crippen molar-refractivity contribution in [1.82, 2.24) is 9.80 Å². The highest BCUT2D eigenvalue weighted by Crippen LogP contribution is 2.31. The van der Waals surface area contributed by atoms with Gasteiger partial charge in [0, 0.05) is 31.7 Å². The highest BCUT2D eigenvalue weighted by atomic mass is 16.5. The number of hydrogen-bond acceptors (Lipinski definition) is 4. The third kappa shape index (κ3) is 2.78. The normalized spacial score (nSPS) is 21.8. The number of likely N-dealkylation sites (N-methyl/N-ethyl adjacent to an activating group) is 1. The molecule has 22 heavy (non-hydrogen) atoms. The molecule has 1 aromatic rings. The number of amides is 2. The number of ether oxygens (including phenoxy) is 1. The van der Waals surface area contributed by atoms with Gasteiger partial charge in [-0.1, -0.05) is 6.92 Å². The SMILES string of the molecule is CCN1CCN(C(=O)c2ccc3c(c2)OC(C)C(=O)N3)CC1. The summed E-state index contributed by atoms with van der Waals surface area (Å²) in [4.78, 5) is 28.4. The van der Waals surface area contributed by atoms with E-state index in [2.05, 4.69) is 17.1 Å². The number of rotatable bonds is 2. The summed E-state index contributed by atoms with van der Waals surface area (Å²) in [6.07, 6.45) is -0.536. The molecule has 1 saturated heterocycles. The van der Waals surface area contributed by atoms with E-state index in [1.54, 1.807) is 25.1 Å². The van der Waals surface area contributed by atoms with E-state index >= 15 is 0 Å². The molecular formula is C16H21N3O3. The number of nitrogens with one attached hydrogen (secondary N) is 1. The van der Waals surface area contributed by atoms with Crippen molar-refractivity contribution in [2.45, 2.75) is 20.0 Å². The Kier molecular flexibility index (Phi) is 4.02. The van der Waals surface area contributed by atoms with Crippen LogP contribution in [0.5, 0.6) is 5.75 Å². The molecule has 2 heterocycles. The molecule has 0 aliphatic carbocycles. The van der Waals surface area contributed by atoms with Crippen LogP contribution in [0.1, 0.15) is 24.2 Å². The summed E-state index contributed by atoms with van der Waals surface area (Å²) in [5, 5.41) is 2.77. The minimum atomic E-state index is -0.536. The summed E-state index contributed by atoms with van der Waals surface area (Å²) in [7, 11) is 0. The Morgan fingerprint density at radius 3 is 2.73 bits per heavy atom. The Labute approximate surface area is 130 Å². The summed E-state index contributed by atoms with van der Waals surface area (Å²) < 4.78 is 5.57. The van der Waals surface area contributed by atoms with E-state index in [1.165, 1.54) is 0 Å². The molecule has 0 saturated carbocycles. The van der Waals surface area contributed by atoms with Crippen LogP contribution >= 0.6 is 0 Å². The topological polar surface area (TPSA) is 61.9 Å². The fourth-order valence-electron chi connectivity index (χ4n) is 2.78. The Bertz CT molecular complexity index is 594. The number of hydrogen-bond donors (Lipinski definition) is 1. The Balaban J connectivity index is 1.74. The van der Waals surface area contributed by atoms with Gasteiger partial charge in [-0.05, 0) is 31.7 Å². The number of fused-ring (bicyclic) bond motifs is 1. The van der Waals surface area contributed by atoms with Crippen LogP contribution in [0.4, 0.5) is 5.69 Å². The Hall–Kier alpha value is -2.08. The van der Waals surface area contributed by atoms with Gasteiger partial charge in [0.2, 0.25) is 0 Å². The zero-order valence-corrected chi connectivity index (χ0v) is 13.0. The summed E-state index contributed by atoms with van der Waals surface area (Å²) in [6, 6.07) is 5.20. The molecule has 3 rings (SSSR count). The summed E-state index contributed by atoms with van der Waals surface area (Å²) in [5.74, 6) is 0.416. The van der Waals surface area contributed by atoms with Gasteiger partial charge in [0.1, 0.15) is 5.75 Å². The number of benzene rings is 1. The van der Waals surface area contributed by atoms with Gasteiger partial charge < -0.3 is 19.9 Å². The lowest BCUT2D eigenvalue weighted by molar-refractivity contribution is -0.122. The van der Waals surface area contributed by atoms with Crippen LogP contribution in [0, 0.1) is 0 Å². The van der Waals surface area contributed by atoms with Crippen molar-refractivity contribution in [2.24, 2.45) is 0 Å². The van der Waals surface area contributed by atoms with Gasteiger partial charge in [0.15, 0.2) is 6.10 Å². The van der Waals surface area contributed by atoms with E-state index in [4.69, 9.17) is 4.74 Å². The number of carbonyl (C=O) groups excluding carboxylic acids is 2. The van der Waals surface area contributed by atoms with Gasteiger partial charge in [0.05, 0.1) is 5.69 Å². The lowest BCUT2D eigenvalue weighted by Gasteiger charge is -2.34. The van der Waals surface area contributed by atoms with E-state index in [0.717, 1.165) is 32.7 Å². The Morgan fingerprint density at radius 2 is 2.05 bits per heavy atom. The van der Waals surface area contributed by atoms with Crippen LogP contribution in [0.15, 0.2) is 18.2 Å². The maximum Gasteiger partial charge on any atom is 0.265 e. The van der Waals surface area contributed by atoms with Gasteiger partial charge in [0.25, 0.3) is 11.8 Å². The van der Waals surface area contributed by atoms with E-state index in [1.807, 2.05) is 4.90 Å². The number of nitrogens with zero attached hydrogens (tertiary/aromatic N) is 2. The van der Waals surface area contributed by atoms with Gasteiger partial charge in [-0.15, -0.1) is 0 Å². The predicted octanol–water partition coefficient (Wildman–Crippen LogP) is 1.18. The van der Waals surface area contributed by atoms with Crippen molar-refractivity contribution in [3.05, 3.63) is 23.8 Å². The van der Waals surface area contributed by atoms with Crippen LogP contribution in [-0.4, -0.2) is 60.4 Å². The third-order valence-electron chi connectivity index (χ3n) is 4.27. The van der Waals surface area contributed by atoms with E-state index in [0.29, 0.717) is 17.0 Å². The molecule has 1 aromatic carbocycles. The molecule has 0 spiro atoms. The number of piperazine rings is 1. The fourth-order valence-corrected chi connectivity index (χ4v) is 2.78. The average Bonchev–Trinajstić information content (AvgIpc) is 2.55. The highest BCUT2D eigenvalue weighted by molar-refractivity contribution is 6.00. The number of carbonyl (C=O) groups is 2. The zero-order valence-electron chi connectivity index (χ0n) is 13.0. The molecule has 118 valence electrons. The van der Waals surface area contributed by atoms with Gasteiger partial charge in [-0.3, -0.25) is 9.59 Å². The molecule has 0 radical (unpaired) electrons. The molecule has 2 aliphatic rings. The summed E-state index contributed by atoms with van der Waals surface area (Å²) in [6.45, 7) is 8.17. The van der Waals surface area contributed by atoms with Crippen molar-refractivity contribution in [1.29, 1.82) is 0 Å². The molecule has 1 atom stereocenters. The van der Waals surface area contributed by atoms with Crippen molar-refractivity contribution >= 4 is 17.5 Å². The first-order valence-electron chi connectivity index (χ1n) is 7.71. The lowest BCUT2D eigenvalue weighted by Crippen LogP contribution is -2.48. The van der Waals surface area contributed by atoms with Gasteiger partial charge in [-0.2, -0.15) is 0 Å². The standard InChI is InChI=1S/C16H21N3O3/c1-3-18-6-8-19(9-7-18)16(21)12-4-5-13-14(10-12)22-11(2)15(20)17-13/h4-5,10-11H,3,6-9H2,1-2H3,(H,17,20). The second kappa shape index (κ2) is 5.96. The van der Waals surface area contributed by atoms with Crippen LogP contribution < -0.4 is 10.1 Å². The molecular weight excluding hydrogens is 282 g/mol. The maximum atomic E-state index is 12.6. The van der Waals surface area contributed by atoms with Crippen LogP contribution in [0.25, 0.3) is 0 Å². The quantitative estimate of drug-likeness (QED) is 0.891. The lowest BCUT2D eigenvalue weighted by atomic mass is 10.1. The van der Waals surface area contributed by atoms with E-state index in [-0.39, 0.29) is 11.8 Å². The van der Waals surface area contributed by atoms with Gasteiger partial charge in [-0.25, -0.2) is 0 Å². The second-order valence-electron chi connectivity index (χ2n) is 5.69. The maximum absolute atomic E-state index is 12.6. The van der Waals surface area contributed by atoms with Gasteiger partial charge >= 0.3 is 0 Å². The molecule has 1 unspecified atom stereocenters. The zero-order chi connectivity index (χ0) is 15.7. The molecule has 1 fully saturated rings. The minimum absolute atomic E-state index is 0.0201. The molecule has 6 heteroatoms. The second-order valence-corrected chi connectivity index (χ2v) is 5.69. The van der Waals surface area contributed by atoms with Crippen LogP contribution in [0.2, 0.25) is 0 Å². The molecule has 1 N–H and O–H groups in total. The van der Waals surface area contributed by atoms with E-state index < -0.39 is 6.10 Å². The average molecular weight is 303 g/mol. The summed E-state index contributed by atoms with van der Waals surface area (Å²) >= 11 is 0. The molecule has 2 amide bonds. The molecule has 0 aromatic heterocycles. The first-order chi connectivity index (χ1) is 10.6. The van der Waals surface area contributed by atoms with Crippen LogP contribution in [0.3, 0.4) is 0 Å². The Morgan fingerprint density at radius 1 is 1.32 bits per heavy atom. The largest absolute Gasteiger partial charge is 0.479 e. The number of anilines is 1. The van der Waals surface area contributed by atoms with Crippen molar-refractivity contribution in [3.8, 4) is 5.75 Å². The molecule has 0 bridgehead atoms. The van der Waals surface area contributed by atoms with Crippen molar-refractivity contribution in [3.63, 3.8) is 0 Å². The molecule has 6 nitrogen and oxygen atoms in total. The highest BCUT2D eigenvalue weighted by Gasteiger charge is 2.26. The smallest absolute Gasteiger partial charge is 0.265 e.